The maximum atomic E-state index is 4.94. The predicted octanol–water partition coefficient (Wildman–Crippen LogP) is 0.0241. The second-order valence-corrected chi connectivity index (χ2v) is 2.10. The highest BCUT2D eigenvalue weighted by molar-refractivity contribution is 7.80. The lowest BCUT2D eigenvalue weighted by Gasteiger charge is -2.09. The van der Waals surface area contributed by atoms with E-state index in [4.69, 9.17) is 9.47 Å². The second kappa shape index (κ2) is 13.0. The van der Waals surface area contributed by atoms with Crippen LogP contribution >= 0.6 is 12.2 Å². The topological polar surface area (TPSA) is 70.5 Å². The fourth-order valence-electron chi connectivity index (χ4n) is 0.440. The largest absolute Gasteiger partial charge is 0.377 e. The average molecular weight is 192 g/mol. The van der Waals surface area contributed by atoms with Crippen LogP contribution in [0.5, 0.6) is 0 Å². The minimum absolute atomic E-state index is 0.000000000000000222. The summed E-state index contributed by atoms with van der Waals surface area (Å²) in [6, 6.07) is 0. The Morgan fingerprint density at radius 3 is 1.25 bits per heavy atom. The molecule has 4 nitrogen and oxygen atoms in total. The zero-order chi connectivity index (χ0) is 9.82. The molecule has 4 N–H and O–H groups in total. The Bertz CT molecular complexity index is 92.1. The standard InChI is InChI=1S/C4H8O2.C2H4.CH4N2S/c1-2-6-4-3-5-1;1-2;2-1(3)4/h1-4H2;1-2H2;(H4,2,3,4). The lowest BCUT2D eigenvalue weighted by Crippen LogP contribution is -2.18. The number of hydrogen-bond acceptors (Lipinski definition) is 3. The predicted molar refractivity (Wildman–Crippen MR) is 53.9 cm³/mol. The Hall–Kier alpha value is -0.650. The minimum Gasteiger partial charge on any atom is -0.377 e. The highest BCUT2D eigenvalue weighted by atomic mass is 32.1. The van der Waals surface area contributed by atoms with Gasteiger partial charge in [-0.25, -0.2) is 0 Å². The summed E-state index contributed by atoms with van der Waals surface area (Å²) in [5.74, 6) is 0. The summed E-state index contributed by atoms with van der Waals surface area (Å²) in [7, 11) is 0. The van der Waals surface area contributed by atoms with Crippen molar-refractivity contribution in [2.45, 2.75) is 0 Å². The van der Waals surface area contributed by atoms with Crippen LogP contribution in [0.25, 0.3) is 0 Å². The van der Waals surface area contributed by atoms with Gasteiger partial charge in [-0.05, 0) is 12.2 Å². The molecule has 1 heterocycles. The molecule has 72 valence electrons. The first-order valence-electron chi connectivity index (χ1n) is 3.44. The quantitative estimate of drug-likeness (QED) is 0.418. The van der Waals surface area contributed by atoms with Crippen molar-refractivity contribution in [3.63, 3.8) is 0 Å². The molecule has 0 saturated carbocycles. The molecule has 1 aliphatic rings. The van der Waals surface area contributed by atoms with Crippen molar-refractivity contribution < 1.29 is 9.47 Å². The Morgan fingerprint density at radius 1 is 1.00 bits per heavy atom. The molecule has 0 unspecified atom stereocenters. The van der Waals surface area contributed by atoms with Gasteiger partial charge in [0.15, 0.2) is 5.11 Å². The summed E-state index contributed by atoms with van der Waals surface area (Å²) in [5.41, 5.74) is 9.24. The molecule has 0 aromatic carbocycles. The fraction of sp³-hybridized carbons (Fsp3) is 0.571. The zero-order valence-corrected chi connectivity index (χ0v) is 7.94. The van der Waals surface area contributed by atoms with Crippen molar-refractivity contribution >= 4 is 17.3 Å². The second-order valence-electron chi connectivity index (χ2n) is 1.63. The molecular weight excluding hydrogens is 176 g/mol. The number of hydrogen-bond donors (Lipinski definition) is 2. The fourth-order valence-corrected chi connectivity index (χ4v) is 0.440. The van der Waals surface area contributed by atoms with Crippen LogP contribution in [0.1, 0.15) is 0 Å². The average Bonchev–Trinajstić information content (AvgIpc) is 2.10. The molecule has 0 spiro atoms. The first kappa shape index (κ1) is 13.9. The van der Waals surface area contributed by atoms with Gasteiger partial charge in [0.05, 0.1) is 26.4 Å². The van der Waals surface area contributed by atoms with Gasteiger partial charge < -0.3 is 20.9 Å². The van der Waals surface area contributed by atoms with Crippen LogP contribution < -0.4 is 11.5 Å². The first-order valence-corrected chi connectivity index (χ1v) is 3.84. The molecule has 0 aliphatic carbocycles. The third-order valence-corrected chi connectivity index (χ3v) is 0.744. The molecule has 1 fully saturated rings. The van der Waals surface area contributed by atoms with E-state index in [-0.39, 0.29) is 5.11 Å². The van der Waals surface area contributed by atoms with Gasteiger partial charge >= 0.3 is 0 Å². The van der Waals surface area contributed by atoms with Gasteiger partial charge in [0.25, 0.3) is 0 Å². The van der Waals surface area contributed by atoms with E-state index in [2.05, 4.69) is 36.8 Å². The lowest BCUT2D eigenvalue weighted by molar-refractivity contribution is -0.0334. The molecule has 0 atom stereocenters. The van der Waals surface area contributed by atoms with E-state index in [0.717, 1.165) is 26.4 Å². The Labute approximate surface area is 78.5 Å². The molecular formula is C7H16N2O2S. The van der Waals surface area contributed by atoms with E-state index in [0.29, 0.717) is 0 Å². The summed E-state index contributed by atoms with van der Waals surface area (Å²) < 4.78 is 9.89. The van der Waals surface area contributed by atoms with E-state index < -0.39 is 0 Å². The van der Waals surface area contributed by atoms with Gasteiger partial charge in [0, 0.05) is 0 Å². The van der Waals surface area contributed by atoms with Crippen LogP contribution in [0.4, 0.5) is 0 Å². The summed E-state index contributed by atoms with van der Waals surface area (Å²) in [5, 5.41) is 0.000000000000000222. The van der Waals surface area contributed by atoms with Gasteiger partial charge in [-0.3, -0.25) is 0 Å². The monoisotopic (exact) mass is 192 g/mol. The lowest BCUT2D eigenvalue weighted by atomic mass is 10.6. The highest BCUT2D eigenvalue weighted by Gasteiger charge is 1.94. The van der Waals surface area contributed by atoms with E-state index in [9.17, 15) is 0 Å². The Balaban J connectivity index is 0. The molecule has 0 aromatic heterocycles. The summed E-state index contributed by atoms with van der Waals surface area (Å²) in [4.78, 5) is 0. The smallest absolute Gasteiger partial charge is 0.160 e. The highest BCUT2D eigenvalue weighted by Crippen LogP contribution is 1.85. The van der Waals surface area contributed by atoms with Crippen LogP contribution in [0, 0.1) is 0 Å². The van der Waals surface area contributed by atoms with Crippen molar-refractivity contribution in [3.05, 3.63) is 13.2 Å². The molecule has 1 aliphatic heterocycles. The molecule has 1 saturated heterocycles. The van der Waals surface area contributed by atoms with E-state index in [1.807, 2.05) is 0 Å². The van der Waals surface area contributed by atoms with Gasteiger partial charge in [0.1, 0.15) is 0 Å². The van der Waals surface area contributed by atoms with E-state index in [1.165, 1.54) is 0 Å². The molecule has 0 bridgehead atoms. The van der Waals surface area contributed by atoms with Gasteiger partial charge in [-0.2, -0.15) is 0 Å². The maximum Gasteiger partial charge on any atom is 0.160 e. The van der Waals surface area contributed by atoms with Crippen molar-refractivity contribution in [2.75, 3.05) is 26.4 Å². The third kappa shape index (κ3) is 22.8. The number of ether oxygens (including phenoxy) is 2. The zero-order valence-electron chi connectivity index (χ0n) is 7.12. The van der Waals surface area contributed by atoms with Gasteiger partial charge in [-0.15, -0.1) is 13.2 Å². The molecule has 12 heavy (non-hydrogen) atoms. The molecule has 1 rings (SSSR count). The summed E-state index contributed by atoms with van der Waals surface area (Å²) in [6.45, 7) is 9.11. The van der Waals surface area contributed by atoms with Crippen molar-refractivity contribution in [2.24, 2.45) is 11.5 Å². The number of thiocarbonyl (C=S) groups is 1. The number of nitrogens with two attached hydrogens (primary N) is 2. The Morgan fingerprint density at radius 2 is 1.17 bits per heavy atom. The summed E-state index contributed by atoms with van der Waals surface area (Å²) in [6.07, 6.45) is 0. The van der Waals surface area contributed by atoms with Crippen molar-refractivity contribution in [1.29, 1.82) is 0 Å². The normalized spacial score (nSPS) is 14.3. The first-order chi connectivity index (χ1) is 5.73. The SMILES string of the molecule is C1COCCO1.C=C.NC(N)=S. The van der Waals surface area contributed by atoms with Crippen LogP contribution in [0.2, 0.25) is 0 Å². The third-order valence-electron chi connectivity index (χ3n) is 0.744. The Kier molecular flexibility index (Phi) is 15.0. The van der Waals surface area contributed by atoms with Crippen LogP contribution in [-0.4, -0.2) is 31.5 Å². The van der Waals surface area contributed by atoms with Crippen LogP contribution in [-0.2, 0) is 9.47 Å². The molecule has 0 aromatic rings. The molecule has 5 heteroatoms. The van der Waals surface area contributed by atoms with Crippen LogP contribution in [0.15, 0.2) is 13.2 Å². The maximum absolute atomic E-state index is 4.94. The van der Waals surface area contributed by atoms with Gasteiger partial charge in [-0.1, -0.05) is 0 Å². The van der Waals surface area contributed by atoms with Gasteiger partial charge in [0.2, 0.25) is 0 Å². The molecule has 0 radical (unpaired) electrons. The van der Waals surface area contributed by atoms with Crippen molar-refractivity contribution in [3.8, 4) is 0 Å². The van der Waals surface area contributed by atoms with Crippen molar-refractivity contribution in [1.82, 2.24) is 0 Å². The summed E-state index contributed by atoms with van der Waals surface area (Å²) >= 11 is 4.09. The molecule has 0 amide bonds. The van der Waals surface area contributed by atoms with Crippen LogP contribution in [0.3, 0.4) is 0 Å². The van der Waals surface area contributed by atoms with E-state index >= 15 is 0 Å². The van der Waals surface area contributed by atoms with E-state index in [1.54, 1.807) is 0 Å². The number of rotatable bonds is 0. The minimum atomic E-state index is 0.000000000000000222.